The number of carboxylic acids is 1. The number of nitrogens with zero attached hydrogens (tertiary/aromatic N) is 2. The van der Waals surface area contributed by atoms with Gasteiger partial charge in [-0.1, -0.05) is 54.6 Å². The summed E-state index contributed by atoms with van der Waals surface area (Å²) in [6.45, 7) is 9.70. The van der Waals surface area contributed by atoms with Gasteiger partial charge in [0, 0.05) is 44.0 Å². The Kier molecular flexibility index (Phi) is 11.3. The van der Waals surface area contributed by atoms with Crippen LogP contribution in [0.4, 0.5) is 11.4 Å². The molecule has 272 valence electrons. The largest absolute Gasteiger partial charge is 0.480 e. The van der Waals surface area contributed by atoms with Crippen LogP contribution in [0.25, 0.3) is 0 Å². The Labute approximate surface area is 298 Å². The monoisotopic (exact) mass is 718 g/mol. The summed E-state index contributed by atoms with van der Waals surface area (Å²) in [6.07, 6.45) is -0.166. The predicted octanol–water partition coefficient (Wildman–Crippen LogP) is 2.59. The molecule has 51 heavy (non-hydrogen) atoms. The molecule has 6 aliphatic rings. The average Bonchev–Trinajstić information content (AvgIpc) is 3.09. The summed E-state index contributed by atoms with van der Waals surface area (Å²) < 4.78 is 29.0. The number of aliphatic carboxylic acids is 1. The molecule has 0 radical (unpaired) electrons. The quantitative estimate of drug-likeness (QED) is 0.266. The van der Waals surface area contributed by atoms with Crippen molar-refractivity contribution >= 4 is 45.1 Å². The first-order chi connectivity index (χ1) is 24.0. The Morgan fingerprint density at radius 1 is 0.745 bits per heavy atom. The van der Waals surface area contributed by atoms with E-state index < -0.39 is 45.1 Å². The van der Waals surface area contributed by atoms with E-state index in [1.807, 2.05) is 27.7 Å². The van der Waals surface area contributed by atoms with Crippen molar-refractivity contribution in [1.82, 2.24) is 19.8 Å². The molecule has 5 N–H and O–H groups in total. The molecule has 3 aromatic carbocycles. The molecule has 0 aromatic heterocycles. The lowest BCUT2D eigenvalue weighted by molar-refractivity contribution is -0.142. The second-order valence-corrected chi connectivity index (χ2v) is 15.9. The Balaban J connectivity index is 1.45. The third-order valence-electron chi connectivity index (χ3n) is 9.73. The summed E-state index contributed by atoms with van der Waals surface area (Å²) in [5.41, 5.74) is 1.02. The van der Waals surface area contributed by atoms with Crippen molar-refractivity contribution in [1.29, 1.82) is 0 Å². The molecule has 3 aromatic rings. The molecule has 9 rings (SSSR count). The van der Waals surface area contributed by atoms with Crippen molar-refractivity contribution < 1.29 is 32.7 Å². The van der Waals surface area contributed by atoms with Crippen LogP contribution in [0.1, 0.15) is 44.4 Å². The van der Waals surface area contributed by atoms with Gasteiger partial charge in [0.1, 0.15) is 12.1 Å². The fourth-order valence-electron chi connectivity index (χ4n) is 6.31. The first-order valence-corrected chi connectivity index (χ1v) is 18.6. The smallest absolute Gasteiger partial charge is 0.326 e. The molecule has 0 spiro atoms. The van der Waals surface area contributed by atoms with Crippen molar-refractivity contribution in [3.8, 4) is 0 Å². The molecule has 0 saturated carbocycles. The van der Waals surface area contributed by atoms with E-state index in [2.05, 4.69) is 30.5 Å². The zero-order valence-corrected chi connectivity index (χ0v) is 30.1. The Hall–Kier alpha value is -4.63. The van der Waals surface area contributed by atoms with Gasteiger partial charge >= 0.3 is 5.97 Å². The van der Waals surface area contributed by atoms with E-state index >= 15 is 0 Å². The number of rotatable bonds is 5. The van der Waals surface area contributed by atoms with Gasteiger partial charge in [0.2, 0.25) is 27.7 Å². The second kappa shape index (κ2) is 15.3. The number of fused-ring (bicyclic) bond motifs is 1. The molecular formula is C37H46N6O7S. The summed E-state index contributed by atoms with van der Waals surface area (Å²) in [5.74, 6) is -2.91. The molecule has 2 unspecified atom stereocenters. The molecule has 1 fully saturated rings. The van der Waals surface area contributed by atoms with E-state index in [1.165, 1.54) is 0 Å². The molecule has 3 amide bonds. The van der Waals surface area contributed by atoms with Crippen LogP contribution in [-0.4, -0.2) is 96.4 Å². The van der Waals surface area contributed by atoms with Gasteiger partial charge in [-0.3, -0.25) is 24.2 Å². The van der Waals surface area contributed by atoms with Gasteiger partial charge in [0.05, 0.1) is 16.8 Å². The first kappa shape index (κ1) is 37.6. The minimum absolute atomic E-state index is 0.0824. The standard InChI is InChI=1S/C37H46N6O7S/c1-36(2)34(47)38-28-14-10-25(11-15-28)22-30(41-51(49,50)24-27-8-6-5-7-9-27)32(44)40-31(33(45)46)23-26-12-16-29(17-13-26)39-35(48)37(3,4)43-20-18-42(36)19-21-43/h5-17,30-31,41H,18-24H2,1-4H3,(H,38,47)(H,39,48)(H,40,44)(H,45,46). The summed E-state index contributed by atoms with van der Waals surface area (Å²) in [5, 5.41) is 18.5. The maximum atomic E-state index is 13.7. The van der Waals surface area contributed by atoms with Gasteiger partial charge in [0.15, 0.2) is 0 Å². The Morgan fingerprint density at radius 3 is 1.65 bits per heavy atom. The minimum Gasteiger partial charge on any atom is -0.480 e. The normalized spacial score (nSPS) is 24.2. The third-order valence-corrected chi connectivity index (χ3v) is 11.1. The maximum Gasteiger partial charge on any atom is 0.326 e. The number of amides is 3. The predicted molar refractivity (Wildman–Crippen MR) is 194 cm³/mol. The topological polar surface area (TPSA) is 177 Å². The highest BCUT2D eigenvalue weighted by Gasteiger charge is 2.41. The number of carbonyl (C=O) groups excluding carboxylic acids is 3. The van der Waals surface area contributed by atoms with Crippen LogP contribution >= 0.6 is 0 Å². The SMILES string of the molecule is CC1(C)C(=O)Nc2ccc(cc2)CC(C(=O)O)NC(=O)C(NS(=O)(=O)Cc2ccccc2)Cc2ccc(cc2)NC(=O)C(C)(C)N2CCN1CC2. The number of carbonyl (C=O) groups is 4. The van der Waals surface area contributed by atoms with Crippen LogP contribution in [0.15, 0.2) is 78.9 Å². The van der Waals surface area contributed by atoms with Crippen molar-refractivity contribution in [3.05, 3.63) is 95.6 Å². The number of benzene rings is 3. The number of hydrogen-bond acceptors (Lipinski definition) is 8. The van der Waals surface area contributed by atoms with Crippen LogP contribution in [0.2, 0.25) is 0 Å². The van der Waals surface area contributed by atoms with Crippen LogP contribution in [-0.2, 0) is 47.8 Å². The fourth-order valence-corrected chi connectivity index (χ4v) is 7.65. The zero-order valence-electron chi connectivity index (χ0n) is 29.3. The van der Waals surface area contributed by atoms with E-state index in [-0.39, 0.29) is 30.4 Å². The molecular weight excluding hydrogens is 673 g/mol. The van der Waals surface area contributed by atoms with Crippen LogP contribution in [0.3, 0.4) is 0 Å². The summed E-state index contributed by atoms with van der Waals surface area (Å²) in [7, 11) is -4.04. The van der Waals surface area contributed by atoms with Crippen LogP contribution < -0.4 is 20.7 Å². The molecule has 6 bridgehead atoms. The van der Waals surface area contributed by atoms with Gasteiger partial charge in [-0.2, -0.15) is 0 Å². The van der Waals surface area contributed by atoms with E-state index in [0.717, 1.165) is 0 Å². The van der Waals surface area contributed by atoms with E-state index in [1.54, 1.807) is 78.9 Å². The highest BCUT2D eigenvalue weighted by atomic mass is 32.2. The van der Waals surface area contributed by atoms with Crippen LogP contribution in [0, 0.1) is 0 Å². The van der Waals surface area contributed by atoms with Gasteiger partial charge < -0.3 is 21.1 Å². The molecule has 1 saturated heterocycles. The maximum absolute atomic E-state index is 13.7. The Bertz CT molecular complexity index is 1840. The average molecular weight is 719 g/mol. The number of nitrogens with one attached hydrogen (secondary N) is 4. The number of sulfonamides is 1. The number of anilines is 2. The molecule has 14 heteroatoms. The third kappa shape index (κ3) is 9.38. The number of piperazine rings is 1. The molecule has 0 aliphatic carbocycles. The summed E-state index contributed by atoms with van der Waals surface area (Å²) in [6, 6.07) is 19.2. The van der Waals surface area contributed by atoms with Crippen molar-refractivity contribution in [2.24, 2.45) is 0 Å². The first-order valence-electron chi connectivity index (χ1n) is 16.9. The minimum atomic E-state index is -4.04. The molecule has 2 atom stereocenters. The lowest BCUT2D eigenvalue weighted by atomic mass is 9.96. The van der Waals surface area contributed by atoms with E-state index in [9.17, 15) is 32.7 Å². The molecule has 6 aliphatic heterocycles. The number of carboxylic acid groups (broad SMARTS) is 1. The zero-order chi connectivity index (χ0) is 37.0. The summed E-state index contributed by atoms with van der Waals surface area (Å²) in [4.78, 5) is 57.2. The van der Waals surface area contributed by atoms with Gasteiger partial charge in [-0.15, -0.1) is 0 Å². The van der Waals surface area contributed by atoms with Gasteiger partial charge in [-0.05, 0) is 75.1 Å². The second-order valence-electron chi connectivity index (χ2n) is 14.1. The Morgan fingerprint density at radius 2 is 1.20 bits per heavy atom. The fraction of sp³-hybridized carbons (Fsp3) is 0.405. The number of hydrogen-bond donors (Lipinski definition) is 5. The van der Waals surface area contributed by atoms with Crippen molar-refractivity contribution in [3.63, 3.8) is 0 Å². The highest BCUT2D eigenvalue weighted by molar-refractivity contribution is 7.88. The lowest BCUT2D eigenvalue weighted by Crippen LogP contribution is -2.64. The van der Waals surface area contributed by atoms with E-state index in [4.69, 9.17) is 0 Å². The van der Waals surface area contributed by atoms with Gasteiger partial charge in [0.25, 0.3) is 0 Å². The molecule has 13 nitrogen and oxygen atoms in total. The van der Waals surface area contributed by atoms with E-state index in [0.29, 0.717) is 54.2 Å². The lowest BCUT2D eigenvalue weighted by Gasteiger charge is -2.47. The molecule has 6 heterocycles. The highest BCUT2D eigenvalue weighted by Crippen LogP contribution is 2.25. The summed E-state index contributed by atoms with van der Waals surface area (Å²) >= 11 is 0. The van der Waals surface area contributed by atoms with Crippen molar-refractivity contribution in [2.75, 3.05) is 36.8 Å². The van der Waals surface area contributed by atoms with Gasteiger partial charge in [-0.25, -0.2) is 17.9 Å². The van der Waals surface area contributed by atoms with Crippen LogP contribution in [0.5, 0.6) is 0 Å². The van der Waals surface area contributed by atoms with Crippen molar-refractivity contribution in [2.45, 2.75) is 69.5 Å².